The Morgan fingerprint density at radius 1 is 0.973 bits per heavy atom. The minimum absolute atomic E-state index is 0.0958. The summed E-state index contributed by atoms with van der Waals surface area (Å²) in [5.74, 6) is 1.85. The van der Waals surface area contributed by atoms with Gasteiger partial charge in [0.2, 0.25) is 0 Å². The van der Waals surface area contributed by atoms with Gasteiger partial charge in [-0.3, -0.25) is 4.79 Å². The lowest BCUT2D eigenvalue weighted by atomic mass is 9.86. The van der Waals surface area contributed by atoms with Gasteiger partial charge in [-0.15, -0.1) is 0 Å². The molecule has 1 atom stereocenters. The molecular weight excluding hydrogens is 468 g/mol. The number of rotatable bonds is 15. The molecule has 0 saturated carbocycles. The van der Waals surface area contributed by atoms with E-state index in [-0.39, 0.29) is 25.3 Å². The van der Waals surface area contributed by atoms with Crippen LogP contribution in [-0.2, 0) is 15.9 Å². The highest BCUT2D eigenvalue weighted by atomic mass is 16.7. The van der Waals surface area contributed by atoms with Crippen molar-refractivity contribution in [3.8, 4) is 17.2 Å². The summed E-state index contributed by atoms with van der Waals surface area (Å²) in [6.07, 6.45) is 7.10. The molecule has 2 rings (SSSR count). The summed E-state index contributed by atoms with van der Waals surface area (Å²) < 4.78 is 27.1. The number of benzene rings is 2. The van der Waals surface area contributed by atoms with Gasteiger partial charge < -0.3 is 23.7 Å². The maximum Gasteiger partial charge on any atom is 0.189 e. The number of hydrogen-bond acceptors (Lipinski definition) is 6. The largest absolute Gasteiger partial charge is 0.496 e. The molecule has 0 aliphatic carbocycles. The Labute approximate surface area is 221 Å². The molecule has 2 aromatic rings. The number of ketones is 1. The highest BCUT2D eigenvalue weighted by molar-refractivity contribution is 6.10. The Morgan fingerprint density at radius 2 is 1.62 bits per heavy atom. The zero-order valence-corrected chi connectivity index (χ0v) is 23.2. The highest BCUT2D eigenvalue weighted by Crippen LogP contribution is 2.37. The first kappa shape index (κ1) is 29.9. The van der Waals surface area contributed by atoms with Gasteiger partial charge in [0.25, 0.3) is 0 Å². The zero-order chi connectivity index (χ0) is 27.4. The second-order valence-electron chi connectivity index (χ2n) is 9.19. The minimum atomic E-state index is -0.148. The number of hydrogen-bond donors (Lipinski definition) is 0. The van der Waals surface area contributed by atoms with Crippen molar-refractivity contribution in [1.29, 1.82) is 0 Å². The summed E-state index contributed by atoms with van der Waals surface area (Å²) in [5.41, 5.74) is 5.50. The predicted octanol–water partition coefficient (Wildman–Crippen LogP) is 6.96. The standard InChI is InChI=1S/C31H40O6/c1-21(2)9-13-25(22(3)4)17-27-23(5)31(30(35-8)18-29(27)37-20-34-7)28(32)16-12-24-10-14-26(15-11-24)36-19-33-6/h9-12,14-16,18,25H,3,13,17,19-20H2,1-2,4-8H3/b16-12+. The molecule has 200 valence electrons. The van der Waals surface area contributed by atoms with E-state index in [4.69, 9.17) is 23.7 Å². The summed E-state index contributed by atoms with van der Waals surface area (Å²) in [6.45, 7) is 12.6. The van der Waals surface area contributed by atoms with Crippen LogP contribution in [0.15, 0.2) is 60.2 Å². The van der Waals surface area contributed by atoms with Crippen LogP contribution in [0.1, 0.15) is 54.2 Å². The summed E-state index contributed by atoms with van der Waals surface area (Å²) in [5, 5.41) is 0. The first-order chi connectivity index (χ1) is 17.7. The summed E-state index contributed by atoms with van der Waals surface area (Å²) >= 11 is 0. The van der Waals surface area contributed by atoms with Crippen LogP contribution in [0.3, 0.4) is 0 Å². The minimum Gasteiger partial charge on any atom is -0.496 e. The monoisotopic (exact) mass is 508 g/mol. The normalized spacial score (nSPS) is 11.8. The fourth-order valence-corrected chi connectivity index (χ4v) is 3.91. The molecule has 0 spiro atoms. The topological polar surface area (TPSA) is 63.2 Å². The summed E-state index contributed by atoms with van der Waals surface area (Å²) in [6, 6.07) is 9.21. The molecule has 0 aromatic heterocycles. The van der Waals surface area contributed by atoms with Gasteiger partial charge >= 0.3 is 0 Å². The fraction of sp³-hybridized carbons (Fsp3) is 0.387. The molecule has 0 saturated heterocycles. The van der Waals surface area contributed by atoms with Gasteiger partial charge in [0.05, 0.1) is 12.7 Å². The van der Waals surface area contributed by atoms with Crippen LogP contribution in [0.25, 0.3) is 6.08 Å². The van der Waals surface area contributed by atoms with Crippen LogP contribution in [0.5, 0.6) is 17.2 Å². The maximum absolute atomic E-state index is 13.4. The van der Waals surface area contributed by atoms with Gasteiger partial charge in [-0.25, -0.2) is 0 Å². The van der Waals surface area contributed by atoms with Gasteiger partial charge in [-0.2, -0.15) is 0 Å². The second kappa shape index (κ2) is 15.0. The fourth-order valence-electron chi connectivity index (χ4n) is 3.91. The zero-order valence-electron chi connectivity index (χ0n) is 23.2. The van der Waals surface area contributed by atoms with E-state index >= 15 is 0 Å². The summed E-state index contributed by atoms with van der Waals surface area (Å²) in [4.78, 5) is 13.4. The van der Waals surface area contributed by atoms with Crippen molar-refractivity contribution < 1.29 is 28.5 Å². The van der Waals surface area contributed by atoms with E-state index in [2.05, 4.69) is 26.5 Å². The van der Waals surface area contributed by atoms with Gasteiger partial charge in [0, 0.05) is 20.3 Å². The van der Waals surface area contributed by atoms with Crippen LogP contribution in [0.2, 0.25) is 0 Å². The number of ether oxygens (including phenoxy) is 5. The van der Waals surface area contributed by atoms with Gasteiger partial charge in [0.1, 0.15) is 17.2 Å². The maximum atomic E-state index is 13.4. The van der Waals surface area contributed by atoms with Crippen LogP contribution in [0.4, 0.5) is 0 Å². The lowest BCUT2D eigenvalue weighted by Crippen LogP contribution is -2.13. The first-order valence-corrected chi connectivity index (χ1v) is 12.3. The molecular formula is C31H40O6. The van der Waals surface area contributed by atoms with E-state index in [1.807, 2.05) is 38.1 Å². The van der Waals surface area contributed by atoms with E-state index in [0.717, 1.165) is 28.7 Å². The van der Waals surface area contributed by atoms with Crippen molar-refractivity contribution in [3.63, 3.8) is 0 Å². The highest BCUT2D eigenvalue weighted by Gasteiger charge is 2.23. The van der Waals surface area contributed by atoms with Crippen molar-refractivity contribution in [2.75, 3.05) is 34.9 Å². The molecule has 6 nitrogen and oxygen atoms in total. The number of carbonyl (C=O) groups excluding carboxylic acids is 1. The SMILES string of the molecule is C=C(C)C(CC=C(C)C)Cc1c(OCOC)cc(OC)c(C(=O)/C=C/c2ccc(OCOC)cc2)c1C. The summed E-state index contributed by atoms with van der Waals surface area (Å²) in [7, 11) is 4.70. The van der Waals surface area contributed by atoms with Gasteiger partial charge in [0.15, 0.2) is 19.4 Å². The Kier molecular flexibility index (Phi) is 12.1. The lowest BCUT2D eigenvalue weighted by molar-refractivity contribution is 0.0501. The Morgan fingerprint density at radius 3 is 2.19 bits per heavy atom. The number of allylic oxidation sites excluding steroid dienone is 4. The third-order valence-electron chi connectivity index (χ3n) is 6.04. The van der Waals surface area contributed by atoms with Crippen molar-refractivity contribution >= 4 is 11.9 Å². The van der Waals surface area contributed by atoms with Crippen LogP contribution in [0, 0.1) is 12.8 Å². The molecule has 0 radical (unpaired) electrons. The van der Waals surface area contributed by atoms with Crippen LogP contribution < -0.4 is 14.2 Å². The first-order valence-electron chi connectivity index (χ1n) is 12.3. The van der Waals surface area contributed by atoms with E-state index in [0.29, 0.717) is 29.2 Å². The molecule has 0 aliphatic rings. The molecule has 0 bridgehead atoms. The van der Waals surface area contributed by atoms with E-state index in [1.54, 1.807) is 39.5 Å². The van der Waals surface area contributed by atoms with Crippen molar-refractivity contribution in [2.24, 2.45) is 5.92 Å². The molecule has 0 amide bonds. The molecule has 0 heterocycles. The molecule has 0 fully saturated rings. The van der Waals surface area contributed by atoms with Crippen molar-refractivity contribution in [3.05, 3.63) is 82.5 Å². The molecule has 6 heteroatoms. The predicted molar refractivity (Wildman–Crippen MR) is 149 cm³/mol. The number of carbonyl (C=O) groups is 1. The van der Waals surface area contributed by atoms with Gasteiger partial charge in [-0.05, 0) is 81.4 Å². The van der Waals surface area contributed by atoms with Crippen molar-refractivity contribution in [2.45, 2.75) is 40.5 Å². The molecule has 37 heavy (non-hydrogen) atoms. The molecule has 2 aromatic carbocycles. The Balaban J connectivity index is 2.45. The Hall–Kier alpha value is -3.35. The average molecular weight is 509 g/mol. The van der Waals surface area contributed by atoms with E-state index in [1.165, 1.54) is 5.57 Å². The van der Waals surface area contributed by atoms with Crippen molar-refractivity contribution in [1.82, 2.24) is 0 Å². The lowest BCUT2D eigenvalue weighted by Gasteiger charge is -2.22. The Bertz CT molecular complexity index is 1110. The van der Waals surface area contributed by atoms with E-state index < -0.39 is 0 Å². The molecule has 1 unspecified atom stereocenters. The smallest absolute Gasteiger partial charge is 0.189 e. The average Bonchev–Trinajstić information content (AvgIpc) is 2.88. The molecule has 0 N–H and O–H groups in total. The quantitative estimate of drug-likeness (QED) is 0.112. The molecule has 0 aliphatic heterocycles. The second-order valence-corrected chi connectivity index (χ2v) is 9.19. The van der Waals surface area contributed by atoms with Crippen LogP contribution in [-0.4, -0.2) is 40.7 Å². The van der Waals surface area contributed by atoms with Crippen LogP contribution >= 0.6 is 0 Å². The van der Waals surface area contributed by atoms with E-state index in [9.17, 15) is 4.79 Å². The third kappa shape index (κ3) is 8.92. The van der Waals surface area contributed by atoms with Gasteiger partial charge in [-0.1, -0.05) is 42.0 Å². The number of methoxy groups -OCH3 is 3. The third-order valence-corrected chi connectivity index (χ3v) is 6.04.